The van der Waals surface area contributed by atoms with E-state index in [1.807, 2.05) is 12.3 Å². The summed E-state index contributed by atoms with van der Waals surface area (Å²) in [5, 5.41) is 2.72. The Labute approximate surface area is 155 Å². The Hall–Kier alpha value is -2.63. The van der Waals surface area contributed by atoms with E-state index in [4.69, 9.17) is 16.3 Å². The molecular formula is C20H17ClN4O. The molecule has 1 fully saturated rings. The molecule has 0 radical (unpaired) electrons. The van der Waals surface area contributed by atoms with Crippen molar-refractivity contribution in [3.8, 4) is 11.3 Å². The molecular weight excluding hydrogens is 348 g/mol. The second kappa shape index (κ2) is 6.27. The van der Waals surface area contributed by atoms with Crippen molar-refractivity contribution in [3.05, 3.63) is 53.8 Å². The monoisotopic (exact) mass is 364 g/mol. The van der Waals surface area contributed by atoms with Crippen molar-refractivity contribution in [1.82, 2.24) is 15.0 Å². The van der Waals surface area contributed by atoms with Gasteiger partial charge in [0, 0.05) is 41.1 Å². The molecule has 0 aliphatic carbocycles. The first-order valence-electron chi connectivity index (χ1n) is 8.65. The number of anilines is 1. The van der Waals surface area contributed by atoms with Gasteiger partial charge < -0.3 is 14.6 Å². The van der Waals surface area contributed by atoms with E-state index in [0.717, 1.165) is 65.2 Å². The van der Waals surface area contributed by atoms with Crippen LogP contribution in [0.25, 0.3) is 33.2 Å². The third kappa shape index (κ3) is 2.60. The highest BCUT2D eigenvalue weighted by Gasteiger charge is 2.13. The van der Waals surface area contributed by atoms with Crippen molar-refractivity contribution in [2.45, 2.75) is 0 Å². The van der Waals surface area contributed by atoms with Crippen molar-refractivity contribution in [2.24, 2.45) is 0 Å². The van der Waals surface area contributed by atoms with Gasteiger partial charge in [-0.1, -0.05) is 17.7 Å². The smallest absolute Gasteiger partial charge is 0.139 e. The van der Waals surface area contributed by atoms with E-state index in [9.17, 15) is 0 Å². The van der Waals surface area contributed by atoms with Crippen LogP contribution in [-0.2, 0) is 4.74 Å². The van der Waals surface area contributed by atoms with Gasteiger partial charge in [-0.25, -0.2) is 4.98 Å². The van der Waals surface area contributed by atoms with Crippen molar-refractivity contribution in [2.75, 3.05) is 31.2 Å². The molecule has 0 unspecified atom stereocenters. The molecule has 1 aliphatic heterocycles. The summed E-state index contributed by atoms with van der Waals surface area (Å²) < 4.78 is 5.41. The standard InChI is InChI=1S/C20H17ClN4O/c21-16-5-6-22-20-19(16)15-11-13(1-3-18(15)24-20)17-4-2-14(12-23-17)25-7-9-26-10-8-25/h1-6,11-12H,7-10H2,(H,22,24). The highest BCUT2D eigenvalue weighted by Crippen LogP contribution is 2.33. The van der Waals surface area contributed by atoms with Crippen LogP contribution in [0.2, 0.25) is 5.02 Å². The molecule has 130 valence electrons. The maximum Gasteiger partial charge on any atom is 0.139 e. The molecule has 26 heavy (non-hydrogen) atoms. The Bertz CT molecular complexity index is 1080. The lowest BCUT2D eigenvalue weighted by molar-refractivity contribution is 0.122. The van der Waals surface area contributed by atoms with Gasteiger partial charge >= 0.3 is 0 Å². The summed E-state index contributed by atoms with van der Waals surface area (Å²) in [4.78, 5) is 14.7. The fraction of sp³-hybridized carbons (Fsp3) is 0.200. The predicted octanol–water partition coefficient (Wildman–Crippen LogP) is 4.27. The van der Waals surface area contributed by atoms with Crippen molar-refractivity contribution < 1.29 is 4.74 Å². The Morgan fingerprint density at radius 1 is 1.04 bits per heavy atom. The second-order valence-electron chi connectivity index (χ2n) is 6.40. The number of hydrogen-bond acceptors (Lipinski definition) is 4. The van der Waals surface area contributed by atoms with Crippen LogP contribution in [0.5, 0.6) is 0 Å². The third-order valence-electron chi connectivity index (χ3n) is 4.86. The summed E-state index contributed by atoms with van der Waals surface area (Å²) in [7, 11) is 0. The number of pyridine rings is 2. The van der Waals surface area contributed by atoms with Crippen LogP contribution in [0.15, 0.2) is 48.8 Å². The average molecular weight is 365 g/mol. The Morgan fingerprint density at radius 3 is 2.73 bits per heavy atom. The zero-order chi connectivity index (χ0) is 17.5. The fourth-order valence-electron chi connectivity index (χ4n) is 3.50. The molecule has 4 heterocycles. The molecule has 1 aliphatic rings. The summed E-state index contributed by atoms with van der Waals surface area (Å²) in [6.07, 6.45) is 3.65. The molecule has 5 rings (SSSR count). The first-order chi connectivity index (χ1) is 12.8. The van der Waals surface area contributed by atoms with Crippen LogP contribution in [0.4, 0.5) is 5.69 Å². The molecule has 0 atom stereocenters. The van der Waals surface area contributed by atoms with E-state index in [1.54, 1.807) is 6.20 Å². The minimum absolute atomic E-state index is 0.703. The second-order valence-corrected chi connectivity index (χ2v) is 6.81. The summed E-state index contributed by atoms with van der Waals surface area (Å²) in [6.45, 7) is 3.36. The van der Waals surface area contributed by atoms with Gasteiger partial charge in [0.1, 0.15) is 5.65 Å². The molecule has 0 bridgehead atoms. The number of fused-ring (bicyclic) bond motifs is 3. The Kier molecular flexibility index (Phi) is 3.76. The topological polar surface area (TPSA) is 54.0 Å². The molecule has 1 aromatic carbocycles. The van der Waals surface area contributed by atoms with Crippen LogP contribution < -0.4 is 4.90 Å². The normalized spacial score (nSPS) is 15.0. The van der Waals surface area contributed by atoms with E-state index in [0.29, 0.717) is 5.02 Å². The van der Waals surface area contributed by atoms with Crippen LogP contribution in [0.3, 0.4) is 0 Å². The lowest BCUT2D eigenvalue weighted by Crippen LogP contribution is -2.36. The van der Waals surface area contributed by atoms with Gasteiger partial charge in [0.05, 0.1) is 35.8 Å². The number of hydrogen-bond donors (Lipinski definition) is 1. The SMILES string of the molecule is Clc1ccnc2[nH]c3ccc(-c4ccc(N5CCOCC5)cn4)cc3c12. The molecule has 1 N–H and O–H groups in total. The Balaban J connectivity index is 1.55. The maximum atomic E-state index is 6.39. The minimum Gasteiger partial charge on any atom is -0.378 e. The fourth-order valence-corrected chi connectivity index (χ4v) is 3.75. The first kappa shape index (κ1) is 15.6. The molecule has 5 nitrogen and oxygen atoms in total. The predicted molar refractivity (Wildman–Crippen MR) is 105 cm³/mol. The largest absolute Gasteiger partial charge is 0.378 e. The zero-order valence-corrected chi connectivity index (χ0v) is 14.8. The van der Waals surface area contributed by atoms with Gasteiger partial charge in [-0.2, -0.15) is 0 Å². The quantitative estimate of drug-likeness (QED) is 0.577. The van der Waals surface area contributed by atoms with Gasteiger partial charge in [-0.05, 0) is 30.3 Å². The summed E-state index contributed by atoms with van der Waals surface area (Å²) >= 11 is 6.39. The summed E-state index contributed by atoms with van der Waals surface area (Å²) in [5.74, 6) is 0. The van der Waals surface area contributed by atoms with Gasteiger partial charge in [-0.3, -0.25) is 4.98 Å². The number of ether oxygens (including phenoxy) is 1. The molecule has 0 amide bonds. The van der Waals surface area contributed by atoms with E-state index in [1.165, 1.54) is 0 Å². The van der Waals surface area contributed by atoms with E-state index in [-0.39, 0.29) is 0 Å². The molecule has 0 saturated carbocycles. The number of nitrogens with one attached hydrogen (secondary N) is 1. The van der Waals surface area contributed by atoms with Crippen molar-refractivity contribution in [1.29, 1.82) is 0 Å². The Morgan fingerprint density at radius 2 is 1.92 bits per heavy atom. The van der Waals surface area contributed by atoms with Crippen LogP contribution in [0, 0.1) is 0 Å². The summed E-state index contributed by atoms with van der Waals surface area (Å²) in [6, 6.07) is 12.3. The third-order valence-corrected chi connectivity index (χ3v) is 5.18. The van der Waals surface area contributed by atoms with Crippen molar-refractivity contribution >= 4 is 39.2 Å². The molecule has 0 spiro atoms. The minimum atomic E-state index is 0.703. The van der Waals surface area contributed by atoms with Gasteiger partial charge in [0.15, 0.2) is 0 Å². The van der Waals surface area contributed by atoms with Crippen LogP contribution in [0.1, 0.15) is 0 Å². The van der Waals surface area contributed by atoms with Gasteiger partial charge in [0.2, 0.25) is 0 Å². The highest BCUT2D eigenvalue weighted by molar-refractivity contribution is 6.37. The maximum absolute atomic E-state index is 6.39. The number of nitrogens with zero attached hydrogens (tertiary/aromatic N) is 3. The van der Waals surface area contributed by atoms with Gasteiger partial charge in [0.25, 0.3) is 0 Å². The molecule has 1 saturated heterocycles. The first-order valence-corrected chi connectivity index (χ1v) is 9.02. The summed E-state index contributed by atoms with van der Waals surface area (Å²) in [5.41, 5.74) is 4.97. The average Bonchev–Trinajstić information content (AvgIpc) is 3.08. The van der Waals surface area contributed by atoms with Crippen molar-refractivity contribution in [3.63, 3.8) is 0 Å². The lowest BCUT2D eigenvalue weighted by Gasteiger charge is -2.28. The van der Waals surface area contributed by atoms with E-state index >= 15 is 0 Å². The van der Waals surface area contributed by atoms with Crippen LogP contribution >= 0.6 is 11.6 Å². The zero-order valence-electron chi connectivity index (χ0n) is 14.1. The van der Waals surface area contributed by atoms with E-state index in [2.05, 4.69) is 50.2 Å². The number of aromatic nitrogens is 3. The molecule has 6 heteroatoms. The number of rotatable bonds is 2. The number of morpholine rings is 1. The molecule has 4 aromatic rings. The number of benzene rings is 1. The van der Waals surface area contributed by atoms with E-state index < -0.39 is 0 Å². The lowest BCUT2D eigenvalue weighted by atomic mass is 10.1. The highest BCUT2D eigenvalue weighted by atomic mass is 35.5. The van der Waals surface area contributed by atoms with Crippen LogP contribution in [-0.4, -0.2) is 41.3 Å². The van der Waals surface area contributed by atoms with Gasteiger partial charge in [-0.15, -0.1) is 0 Å². The number of halogens is 1. The number of H-pyrrole nitrogens is 1. The molecule has 3 aromatic heterocycles. The number of aromatic amines is 1.